The number of hydrogen-bond acceptors (Lipinski definition) is 1. The maximum Gasteiger partial charge on any atom is 0.135 e. The largest absolute Gasteiger partial charge is 0.456 e. The highest BCUT2D eigenvalue weighted by atomic mass is 16.3. The van der Waals surface area contributed by atoms with Gasteiger partial charge in [-0.3, -0.25) is 0 Å². The van der Waals surface area contributed by atoms with E-state index in [2.05, 4.69) is 184 Å². The van der Waals surface area contributed by atoms with Crippen LogP contribution in [0.1, 0.15) is 25.0 Å². The first-order chi connectivity index (χ1) is 27.6. The van der Waals surface area contributed by atoms with Crippen molar-refractivity contribution < 1.29 is 4.42 Å². The van der Waals surface area contributed by atoms with E-state index >= 15 is 0 Å². The summed E-state index contributed by atoms with van der Waals surface area (Å²) in [5, 5.41) is 12.7. The molecule has 0 amide bonds. The molecule has 1 heteroatoms. The summed E-state index contributed by atoms with van der Waals surface area (Å²) in [5.41, 5.74) is 14.7. The normalized spacial score (nSPS) is 13.3. The summed E-state index contributed by atoms with van der Waals surface area (Å²) in [6.07, 6.45) is 0. The highest BCUT2D eigenvalue weighted by Gasteiger charge is 2.40. The molecular weight excluding hydrogens is 677 g/mol. The number of furan rings is 1. The van der Waals surface area contributed by atoms with Gasteiger partial charge in [-0.25, -0.2) is 0 Å². The first-order valence-electron chi connectivity index (χ1n) is 19.6. The van der Waals surface area contributed by atoms with Crippen LogP contribution in [-0.4, -0.2) is 0 Å². The third kappa shape index (κ3) is 4.26. The summed E-state index contributed by atoms with van der Waals surface area (Å²) in [6, 6.07) is 67.1. The average Bonchev–Trinajstić information content (AvgIpc) is 3.74. The van der Waals surface area contributed by atoms with E-state index < -0.39 is 0 Å². The van der Waals surface area contributed by atoms with Gasteiger partial charge in [-0.15, -0.1) is 0 Å². The van der Waals surface area contributed by atoms with E-state index in [0.717, 1.165) is 21.9 Å². The van der Waals surface area contributed by atoms with Crippen molar-refractivity contribution in [3.05, 3.63) is 193 Å². The molecule has 1 aliphatic rings. The van der Waals surface area contributed by atoms with Crippen molar-refractivity contribution in [3.63, 3.8) is 0 Å². The first kappa shape index (κ1) is 31.4. The second-order valence-corrected chi connectivity index (χ2v) is 15.9. The molecule has 0 N–H and O–H groups in total. The molecule has 0 atom stereocenters. The van der Waals surface area contributed by atoms with Crippen LogP contribution in [0.15, 0.2) is 186 Å². The van der Waals surface area contributed by atoms with Gasteiger partial charge in [0.2, 0.25) is 0 Å². The maximum atomic E-state index is 6.13. The fourth-order valence-electron chi connectivity index (χ4n) is 10.2. The van der Waals surface area contributed by atoms with Crippen molar-refractivity contribution in [3.8, 4) is 44.5 Å². The number of rotatable bonds is 3. The lowest BCUT2D eigenvalue weighted by Crippen LogP contribution is -2.15. The zero-order valence-electron chi connectivity index (χ0n) is 31.2. The van der Waals surface area contributed by atoms with E-state index in [1.165, 1.54) is 98.7 Å². The predicted molar refractivity (Wildman–Crippen MR) is 238 cm³/mol. The molecule has 0 unspecified atom stereocenters. The highest BCUT2D eigenvalue weighted by molar-refractivity contribution is 6.25. The molecule has 1 nitrogen and oxygen atoms in total. The zero-order chi connectivity index (χ0) is 37.1. The molecule has 0 radical (unpaired) electrons. The predicted octanol–water partition coefficient (Wildman–Crippen LogP) is 15.5. The lowest BCUT2D eigenvalue weighted by molar-refractivity contribution is 0.666. The molecule has 0 saturated heterocycles. The molecule has 0 bridgehead atoms. The molecule has 0 saturated carbocycles. The van der Waals surface area contributed by atoms with E-state index in [1.54, 1.807) is 0 Å². The summed E-state index contributed by atoms with van der Waals surface area (Å²) < 4.78 is 6.13. The van der Waals surface area contributed by atoms with Crippen molar-refractivity contribution in [2.45, 2.75) is 19.3 Å². The van der Waals surface area contributed by atoms with E-state index in [1.807, 2.05) is 12.1 Å². The van der Waals surface area contributed by atoms with Gasteiger partial charge in [-0.1, -0.05) is 178 Å². The molecule has 0 aliphatic heterocycles. The van der Waals surface area contributed by atoms with Crippen LogP contribution in [0.4, 0.5) is 0 Å². The summed E-state index contributed by atoms with van der Waals surface area (Å²) in [4.78, 5) is 0. The van der Waals surface area contributed by atoms with Gasteiger partial charge in [0.1, 0.15) is 11.2 Å². The Morgan fingerprint density at radius 2 is 0.804 bits per heavy atom. The van der Waals surface area contributed by atoms with Crippen LogP contribution in [0.2, 0.25) is 0 Å². The summed E-state index contributed by atoms with van der Waals surface area (Å²) in [5.74, 6) is 0. The van der Waals surface area contributed by atoms with Crippen LogP contribution in [0.5, 0.6) is 0 Å². The molecule has 10 aromatic carbocycles. The molecular formula is C55H36O. The lowest BCUT2D eigenvalue weighted by Gasteiger charge is -2.24. The molecule has 0 fully saturated rings. The van der Waals surface area contributed by atoms with Crippen LogP contribution >= 0.6 is 0 Å². The summed E-state index contributed by atoms with van der Waals surface area (Å²) in [7, 11) is 0. The topological polar surface area (TPSA) is 13.1 Å². The number of hydrogen-bond donors (Lipinski definition) is 0. The average molecular weight is 713 g/mol. The highest BCUT2D eigenvalue weighted by Crippen LogP contribution is 2.58. The van der Waals surface area contributed by atoms with Crippen molar-refractivity contribution >= 4 is 65.0 Å². The van der Waals surface area contributed by atoms with Crippen LogP contribution in [0, 0.1) is 0 Å². The monoisotopic (exact) mass is 712 g/mol. The fraction of sp³-hybridized carbons (Fsp3) is 0.0545. The van der Waals surface area contributed by atoms with E-state index in [4.69, 9.17) is 4.42 Å². The molecule has 12 rings (SSSR count). The quantitative estimate of drug-likeness (QED) is 0.131. The van der Waals surface area contributed by atoms with Gasteiger partial charge in [-0.05, 0) is 117 Å². The Morgan fingerprint density at radius 1 is 0.321 bits per heavy atom. The maximum absolute atomic E-state index is 6.13. The SMILES string of the molecule is CC1(C)c2cccc(-c3c4ccccc4c(-c4ccc(-c5ccc6oc7ccccc7c6c5)cc4)c4ccccc34)c2-c2c1c1ccccc1c1ccccc21. The molecule has 56 heavy (non-hydrogen) atoms. The van der Waals surface area contributed by atoms with Crippen LogP contribution in [0.25, 0.3) is 110 Å². The second kappa shape index (κ2) is 11.5. The van der Waals surface area contributed by atoms with Gasteiger partial charge in [0.25, 0.3) is 0 Å². The number of fused-ring (bicyclic) bond motifs is 13. The standard InChI is InChI=1S/C55H36O/c1-55(2)47-24-13-23-45(52(47)53-39-17-5-3-14-36(39)37-15-4-10-22-44(37)54(53)55)51-42-20-8-6-18-40(42)50(41-19-7-9-21-43(41)51)34-28-26-33(27-29-34)35-30-31-49-46(32-35)38-16-11-12-25-48(38)56-49/h3-32H,1-2H3. The molecule has 1 heterocycles. The number of benzene rings is 10. The Morgan fingerprint density at radius 3 is 1.46 bits per heavy atom. The minimum atomic E-state index is -0.174. The summed E-state index contributed by atoms with van der Waals surface area (Å²) in [6.45, 7) is 4.84. The molecule has 0 spiro atoms. The Hall–Kier alpha value is -6.96. The third-order valence-electron chi connectivity index (χ3n) is 12.6. The third-order valence-corrected chi connectivity index (χ3v) is 12.6. The molecule has 1 aliphatic carbocycles. The van der Waals surface area contributed by atoms with Crippen molar-refractivity contribution in [1.29, 1.82) is 0 Å². The van der Waals surface area contributed by atoms with Gasteiger partial charge < -0.3 is 4.42 Å². The van der Waals surface area contributed by atoms with Crippen LogP contribution < -0.4 is 0 Å². The molecule has 1 aromatic heterocycles. The van der Waals surface area contributed by atoms with Crippen molar-refractivity contribution in [2.75, 3.05) is 0 Å². The molecule has 11 aromatic rings. The van der Waals surface area contributed by atoms with E-state index in [0.29, 0.717) is 0 Å². The van der Waals surface area contributed by atoms with Gasteiger partial charge in [0.15, 0.2) is 0 Å². The summed E-state index contributed by atoms with van der Waals surface area (Å²) >= 11 is 0. The first-order valence-corrected chi connectivity index (χ1v) is 19.6. The van der Waals surface area contributed by atoms with Crippen molar-refractivity contribution in [1.82, 2.24) is 0 Å². The smallest absolute Gasteiger partial charge is 0.135 e. The Bertz CT molecular complexity index is 3370. The van der Waals surface area contributed by atoms with Crippen LogP contribution in [0.3, 0.4) is 0 Å². The van der Waals surface area contributed by atoms with Crippen LogP contribution in [-0.2, 0) is 5.41 Å². The Labute approximate surface area is 325 Å². The Balaban J connectivity index is 1.09. The minimum Gasteiger partial charge on any atom is -0.456 e. The van der Waals surface area contributed by atoms with Gasteiger partial charge in [0, 0.05) is 16.2 Å². The Kier molecular flexibility index (Phi) is 6.46. The fourth-order valence-corrected chi connectivity index (χ4v) is 10.2. The van der Waals surface area contributed by atoms with E-state index in [-0.39, 0.29) is 5.41 Å². The second-order valence-electron chi connectivity index (χ2n) is 15.9. The number of para-hydroxylation sites is 1. The lowest BCUT2D eigenvalue weighted by atomic mass is 9.79. The van der Waals surface area contributed by atoms with Crippen molar-refractivity contribution in [2.24, 2.45) is 0 Å². The van der Waals surface area contributed by atoms with Gasteiger partial charge in [0.05, 0.1) is 0 Å². The minimum absolute atomic E-state index is 0.174. The van der Waals surface area contributed by atoms with Gasteiger partial charge >= 0.3 is 0 Å². The van der Waals surface area contributed by atoms with E-state index in [9.17, 15) is 0 Å². The zero-order valence-corrected chi connectivity index (χ0v) is 31.2. The van der Waals surface area contributed by atoms with Gasteiger partial charge in [-0.2, -0.15) is 0 Å². The molecule has 262 valence electrons.